The van der Waals surface area contributed by atoms with Crippen LogP contribution in [0.15, 0.2) is 95.5 Å². The topological polar surface area (TPSA) is 145 Å². The number of carboxylic acids is 1. The number of hydrogen-bond donors (Lipinski definition) is 2. The first-order valence-corrected chi connectivity index (χ1v) is 14.8. The van der Waals surface area contributed by atoms with E-state index in [1.807, 2.05) is 43.3 Å². The maximum atomic E-state index is 13.2. The number of amides is 1. The lowest BCUT2D eigenvalue weighted by atomic mass is 10.0. The van der Waals surface area contributed by atoms with Crippen molar-refractivity contribution in [3.8, 4) is 16.9 Å². The van der Waals surface area contributed by atoms with Crippen LogP contribution in [0.2, 0.25) is 0 Å². The molecular formula is C33H30N3O7S-. The smallest absolute Gasteiger partial charge is 0.327 e. The van der Waals surface area contributed by atoms with Crippen LogP contribution in [0.5, 0.6) is 5.75 Å². The van der Waals surface area contributed by atoms with Gasteiger partial charge in [0.1, 0.15) is 24.0 Å². The van der Waals surface area contributed by atoms with Crippen molar-refractivity contribution in [2.45, 2.75) is 33.4 Å². The number of carboxylic acid groups (broad SMARTS) is 1. The van der Waals surface area contributed by atoms with Crippen LogP contribution in [0.3, 0.4) is 0 Å². The lowest BCUT2D eigenvalue weighted by molar-refractivity contribution is -0.139. The second-order valence-corrected chi connectivity index (χ2v) is 11.3. The Hall–Kier alpha value is -5.00. The third-order valence-electron chi connectivity index (χ3n) is 7.12. The van der Waals surface area contributed by atoms with Crippen molar-refractivity contribution in [2.24, 2.45) is 5.92 Å². The summed E-state index contributed by atoms with van der Waals surface area (Å²) in [7, 11) is 0. The number of aryl methyl sites for hydroxylation is 1. The molecule has 10 nitrogen and oxygen atoms in total. The van der Waals surface area contributed by atoms with E-state index in [4.69, 9.17) is 9.15 Å². The molecule has 0 fully saturated rings. The summed E-state index contributed by atoms with van der Waals surface area (Å²) in [5.41, 5.74) is 4.37. The Morgan fingerprint density at radius 2 is 1.68 bits per heavy atom. The molecule has 44 heavy (non-hydrogen) atoms. The summed E-state index contributed by atoms with van der Waals surface area (Å²) in [6.07, 6.45) is 1.70. The fourth-order valence-electron chi connectivity index (χ4n) is 4.97. The number of pyridine rings is 1. The van der Waals surface area contributed by atoms with Crippen molar-refractivity contribution in [1.82, 2.24) is 4.98 Å². The van der Waals surface area contributed by atoms with Crippen LogP contribution in [0.1, 0.15) is 35.7 Å². The van der Waals surface area contributed by atoms with Crippen LogP contribution >= 0.6 is 0 Å². The minimum absolute atomic E-state index is 0.176. The summed E-state index contributed by atoms with van der Waals surface area (Å²) < 4.78 is 36.6. The molecule has 2 unspecified atom stereocenters. The number of aliphatic carboxylic acids is 1. The van der Waals surface area contributed by atoms with Crippen LogP contribution in [0.4, 0.5) is 11.4 Å². The van der Waals surface area contributed by atoms with E-state index in [0.717, 1.165) is 26.5 Å². The number of carbonyl (C=O) groups excluding carboxylic acids is 1. The predicted molar refractivity (Wildman–Crippen MR) is 167 cm³/mol. The molecule has 226 valence electrons. The Bertz CT molecular complexity index is 1800. The molecule has 5 aromatic rings. The number of aromatic nitrogens is 1. The number of rotatable bonds is 11. The fraction of sp³-hybridized carbons (Fsp3) is 0.182. The molecule has 0 spiro atoms. The lowest BCUT2D eigenvalue weighted by Crippen LogP contribution is -2.45. The monoisotopic (exact) mass is 612 g/mol. The molecule has 1 amide bonds. The van der Waals surface area contributed by atoms with Crippen molar-refractivity contribution in [2.75, 3.05) is 9.62 Å². The van der Waals surface area contributed by atoms with E-state index >= 15 is 0 Å². The normalized spacial score (nSPS) is 12.6. The Labute approximate surface area is 256 Å². The molecule has 2 N–H and O–H groups in total. The number of ether oxygens (including phenoxy) is 1. The molecule has 0 aliphatic rings. The molecule has 0 aliphatic carbocycles. The highest BCUT2D eigenvalue weighted by molar-refractivity contribution is 7.80. The molecule has 0 saturated carbocycles. The van der Waals surface area contributed by atoms with Gasteiger partial charge in [-0.05, 0) is 72.5 Å². The van der Waals surface area contributed by atoms with E-state index in [-0.39, 0.29) is 18.1 Å². The summed E-state index contributed by atoms with van der Waals surface area (Å²) in [6, 6.07) is 23.5. The first-order chi connectivity index (χ1) is 21.1. The van der Waals surface area contributed by atoms with Crippen LogP contribution in [0.25, 0.3) is 22.1 Å². The predicted octanol–water partition coefficient (Wildman–Crippen LogP) is 6.34. The standard InChI is InChI=1S/C33H31N3O7S/c1-20(2)30(33(38)39)36(44(40)41)26-16-12-23(13-17-26)22-10-14-24(15-11-22)35-32(37)31-21(3)29-27(8-6-9-28(29)43-31)42-19-25-7-4-5-18-34-25/h4-18,20,30H,19H2,1-3H3,(H,35,37)(H,38,39)(H,40,41)/p-1. The van der Waals surface area contributed by atoms with Gasteiger partial charge in [-0.15, -0.1) is 0 Å². The van der Waals surface area contributed by atoms with Gasteiger partial charge in [0.25, 0.3) is 5.91 Å². The Balaban J connectivity index is 1.30. The molecule has 2 heterocycles. The average molecular weight is 613 g/mol. The largest absolute Gasteiger partial charge is 0.755 e. The first kappa shape index (κ1) is 30.5. The Morgan fingerprint density at radius 1 is 1.00 bits per heavy atom. The molecule has 0 aliphatic heterocycles. The van der Waals surface area contributed by atoms with Gasteiger partial charge in [0.05, 0.1) is 11.1 Å². The summed E-state index contributed by atoms with van der Waals surface area (Å²) in [4.78, 5) is 29.2. The number of nitrogens with zero attached hydrogens (tertiary/aromatic N) is 2. The van der Waals surface area contributed by atoms with Gasteiger partial charge in [0.15, 0.2) is 5.76 Å². The summed E-state index contributed by atoms with van der Waals surface area (Å²) in [5, 5.41) is 13.2. The number of fused-ring (bicyclic) bond motifs is 1. The van der Waals surface area contributed by atoms with E-state index in [9.17, 15) is 23.5 Å². The van der Waals surface area contributed by atoms with Gasteiger partial charge in [0.2, 0.25) is 0 Å². The molecular weight excluding hydrogens is 582 g/mol. The molecule has 0 saturated heterocycles. The first-order valence-electron chi connectivity index (χ1n) is 13.8. The Kier molecular flexibility index (Phi) is 9.07. The van der Waals surface area contributed by atoms with E-state index in [1.54, 1.807) is 68.6 Å². The highest BCUT2D eigenvalue weighted by atomic mass is 32.2. The van der Waals surface area contributed by atoms with E-state index in [1.165, 1.54) is 0 Å². The molecule has 2 aromatic heterocycles. The third-order valence-corrected chi connectivity index (χ3v) is 7.88. The van der Waals surface area contributed by atoms with Crippen molar-refractivity contribution < 1.29 is 32.6 Å². The molecule has 11 heteroatoms. The van der Waals surface area contributed by atoms with Gasteiger partial charge in [-0.25, -0.2) is 4.79 Å². The Morgan fingerprint density at radius 3 is 2.27 bits per heavy atom. The maximum absolute atomic E-state index is 13.2. The van der Waals surface area contributed by atoms with Gasteiger partial charge >= 0.3 is 5.97 Å². The minimum Gasteiger partial charge on any atom is -0.755 e. The highest BCUT2D eigenvalue weighted by Gasteiger charge is 2.30. The summed E-state index contributed by atoms with van der Waals surface area (Å²) >= 11 is -2.77. The van der Waals surface area contributed by atoms with Gasteiger partial charge in [-0.3, -0.25) is 18.3 Å². The van der Waals surface area contributed by atoms with Crippen molar-refractivity contribution in [1.29, 1.82) is 0 Å². The number of carbonyl (C=O) groups is 2. The number of hydrogen-bond acceptors (Lipinski definition) is 7. The van der Waals surface area contributed by atoms with Crippen LogP contribution in [-0.4, -0.2) is 36.8 Å². The number of anilines is 2. The lowest BCUT2D eigenvalue weighted by Gasteiger charge is -2.34. The molecule has 5 rings (SSSR count). The number of furan rings is 1. The van der Waals surface area contributed by atoms with Crippen molar-refractivity contribution in [3.63, 3.8) is 0 Å². The molecule has 0 bridgehead atoms. The quantitative estimate of drug-likeness (QED) is 0.164. The highest BCUT2D eigenvalue weighted by Crippen LogP contribution is 2.34. The van der Waals surface area contributed by atoms with Crippen LogP contribution in [-0.2, 0) is 22.7 Å². The van der Waals surface area contributed by atoms with E-state index < -0.39 is 35.1 Å². The van der Waals surface area contributed by atoms with Crippen LogP contribution in [0, 0.1) is 12.8 Å². The van der Waals surface area contributed by atoms with Gasteiger partial charge in [-0.2, -0.15) is 0 Å². The van der Waals surface area contributed by atoms with E-state index in [2.05, 4.69) is 10.3 Å². The van der Waals surface area contributed by atoms with Gasteiger partial charge < -0.3 is 24.1 Å². The third kappa shape index (κ3) is 6.48. The maximum Gasteiger partial charge on any atom is 0.327 e. The minimum atomic E-state index is -2.77. The zero-order valence-electron chi connectivity index (χ0n) is 24.2. The second kappa shape index (κ2) is 13.1. The van der Waals surface area contributed by atoms with Crippen molar-refractivity contribution >= 4 is 45.5 Å². The molecule has 2 atom stereocenters. The zero-order valence-corrected chi connectivity index (χ0v) is 25.0. The van der Waals surface area contributed by atoms with Crippen LogP contribution < -0.4 is 14.4 Å². The SMILES string of the molecule is Cc1c(C(=O)Nc2ccc(-c3ccc(N(C(C(=O)O)C(C)C)S(=O)[O-])cc3)cc2)oc2cccc(OCc3ccccn3)c12. The summed E-state index contributed by atoms with van der Waals surface area (Å²) in [6.45, 7) is 5.39. The average Bonchev–Trinajstić information content (AvgIpc) is 3.36. The molecule has 0 radical (unpaired) electrons. The number of nitrogens with one attached hydrogen (secondary N) is 1. The van der Waals surface area contributed by atoms with Crippen molar-refractivity contribution in [3.05, 3.63) is 108 Å². The second-order valence-electron chi connectivity index (χ2n) is 10.4. The summed E-state index contributed by atoms with van der Waals surface area (Å²) in [5.74, 6) is -1.30. The zero-order chi connectivity index (χ0) is 31.4. The van der Waals surface area contributed by atoms with E-state index in [0.29, 0.717) is 22.6 Å². The number of benzene rings is 3. The van der Waals surface area contributed by atoms with Gasteiger partial charge in [0, 0.05) is 34.4 Å². The molecule has 3 aromatic carbocycles. The fourth-order valence-corrected chi connectivity index (χ4v) is 5.78. The van der Waals surface area contributed by atoms with Gasteiger partial charge in [-0.1, -0.05) is 50.2 Å².